The minimum Gasteiger partial charge on any atom is -0.398 e. The average molecular weight is 269 g/mol. The van der Waals surface area contributed by atoms with Gasteiger partial charge in [-0.05, 0) is 54.5 Å². The third-order valence-corrected chi connectivity index (χ3v) is 4.56. The van der Waals surface area contributed by atoms with Crippen molar-refractivity contribution in [1.82, 2.24) is 0 Å². The van der Waals surface area contributed by atoms with Crippen molar-refractivity contribution in [2.75, 3.05) is 11.1 Å². The number of rotatable bonds is 2. The van der Waals surface area contributed by atoms with E-state index in [-0.39, 0.29) is 0 Å². The van der Waals surface area contributed by atoms with E-state index in [0.29, 0.717) is 17.3 Å². The normalized spacial score (nSPS) is 17.5. The van der Waals surface area contributed by atoms with Gasteiger partial charge in [-0.25, -0.2) is 0 Å². The van der Waals surface area contributed by atoms with Crippen molar-refractivity contribution in [2.45, 2.75) is 25.3 Å². The summed E-state index contributed by atoms with van der Waals surface area (Å²) in [6.07, 6.45) is 3.54. The van der Waals surface area contributed by atoms with Gasteiger partial charge in [-0.3, -0.25) is 0 Å². The zero-order valence-electron chi connectivity index (χ0n) is 10.5. The fourth-order valence-electron chi connectivity index (χ4n) is 2.58. The third kappa shape index (κ3) is 2.29. The monoisotopic (exact) mass is 269 g/mol. The summed E-state index contributed by atoms with van der Waals surface area (Å²) in [5, 5.41) is 14.7. The van der Waals surface area contributed by atoms with Crippen LogP contribution in [0.2, 0.25) is 0 Å². The van der Waals surface area contributed by atoms with Crippen molar-refractivity contribution >= 4 is 22.7 Å². The second-order valence-electron chi connectivity index (χ2n) is 4.80. The lowest BCUT2D eigenvalue weighted by Crippen LogP contribution is -2.15. The van der Waals surface area contributed by atoms with Crippen molar-refractivity contribution in [2.24, 2.45) is 0 Å². The molecule has 0 amide bonds. The highest BCUT2D eigenvalue weighted by molar-refractivity contribution is 7.10. The summed E-state index contributed by atoms with van der Waals surface area (Å²) in [6, 6.07) is 10.2. The maximum Gasteiger partial charge on any atom is 0.101 e. The van der Waals surface area contributed by atoms with E-state index in [1.807, 2.05) is 23.5 Å². The molecule has 1 aliphatic rings. The number of hydrogen-bond donors (Lipinski definition) is 2. The van der Waals surface area contributed by atoms with Crippen LogP contribution in [0.3, 0.4) is 0 Å². The number of nitrogen functional groups attached to an aromatic ring is 1. The Morgan fingerprint density at radius 3 is 3.11 bits per heavy atom. The Hall–Kier alpha value is -1.99. The summed E-state index contributed by atoms with van der Waals surface area (Å²) in [5.41, 5.74) is 9.19. The van der Waals surface area contributed by atoms with E-state index in [4.69, 9.17) is 11.0 Å². The Morgan fingerprint density at radius 2 is 2.26 bits per heavy atom. The maximum atomic E-state index is 9.02. The van der Waals surface area contributed by atoms with E-state index in [1.54, 1.807) is 6.07 Å². The van der Waals surface area contributed by atoms with Gasteiger partial charge < -0.3 is 11.1 Å². The molecular formula is C15H15N3S. The van der Waals surface area contributed by atoms with E-state index in [2.05, 4.69) is 22.8 Å². The summed E-state index contributed by atoms with van der Waals surface area (Å²) in [5.74, 6) is 0. The first-order chi connectivity index (χ1) is 9.28. The molecule has 0 aliphatic heterocycles. The molecule has 3 N–H and O–H groups in total. The summed E-state index contributed by atoms with van der Waals surface area (Å²) in [4.78, 5) is 1.49. The van der Waals surface area contributed by atoms with Crippen LogP contribution in [0.1, 0.15) is 34.9 Å². The fraction of sp³-hybridized carbons (Fsp3) is 0.267. The van der Waals surface area contributed by atoms with Gasteiger partial charge in [-0.15, -0.1) is 11.3 Å². The van der Waals surface area contributed by atoms with Gasteiger partial charge >= 0.3 is 0 Å². The minimum absolute atomic E-state index is 0.352. The molecule has 0 radical (unpaired) electrons. The lowest BCUT2D eigenvalue weighted by Gasteiger charge is -2.24. The first kappa shape index (κ1) is 12.1. The number of aryl methyl sites for hydroxylation is 1. The molecule has 2 aromatic rings. The Balaban J connectivity index is 1.86. The van der Waals surface area contributed by atoms with E-state index in [1.165, 1.54) is 23.3 Å². The number of benzene rings is 1. The van der Waals surface area contributed by atoms with Gasteiger partial charge in [0, 0.05) is 16.3 Å². The van der Waals surface area contributed by atoms with Crippen molar-refractivity contribution < 1.29 is 0 Å². The fourth-order valence-corrected chi connectivity index (χ4v) is 3.57. The molecule has 1 aromatic heterocycles. The van der Waals surface area contributed by atoms with Crippen LogP contribution in [-0.2, 0) is 6.42 Å². The van der Waals surface area contributed by atoms with Crippen LogP contribution < -0.4 is 11.1 Å². The van der Waals surface area contributed by atoms with Gasteiger partial charge in [0.15, 0.2) is 0 Å². The number of fused-ring (bicyclic) bond motifs is 1. The zero-order valence-corrected chi connectivity index (χ0v) is 11.3. The Kier molecular flexibility index (Phi) is 3.14. The quantitative estimate of drug-likeness (QED) is 0.817. The van der Waals surface area contributed by atoms with Crippen LogP contribution >= 0.6 is 11.3 Å². The molecule has 3 rings (SSSR count). The molecule has 0 bridgehead atoms. The summed E-state index contributed by atoms with van der Waals surface area (Å²) >= 11 is 1.84. The van der Waals surface area contributed by atoms with E-state index >= 15 is 0 Å². The predicted molar refractivity (Wildman–Crippen MR) is 79.2 cm³/mol. The highest BCUT2D eigenvalue weighted by Crippen LogP contribution is 2.35. The van der Waals surface area contributed by atoms with Gasteiger partial charge in [0.25, 0.3) is 0 Å². The minimum atomic E-state index is 0.352. The van der Waals surface area contributed by atoms with E-state index < -0.39 is 0 Å². The molecule has 1 atom stereocenters. The number of nitrogens with one attached hydrogen (secondary N) is 1. The van der Waals surface area contributed by atoms with Crippen LogP contribution in [0, 0.1) is 11.3 Å². The first-order valence-corrected chi connectivity index (χ1v) is 7.28. The van der Waals surface area contributed by atoms with E-state index in [9.17, 15) is 0 Å². The molecule has 3 nitrogen and oxygen atoms in total. The molecule has 96 valence electrons. The van der Waals surface area contributed by atoms with Crippen LogP contribution in [0.25, 0.3) is 0 Å². The molecule has 1 unspecified atom stereocenters. The van der Waals surface area contributed by atoms with Crippen molar-refractivity contribution in [1.29, 1.82) is 5.26 Å². The molecule has 4 heteroatoms. The highest BCUT2D eigenvalue weighted by atomic mass is 32.1. The van der Waals surface area contributed by atoms with Gasteiger partial charge in [0.1, 0.15) is 6.07 Å². The van der Waals surface area contributed by atoms with Gasteiger partial charge in [-0.1, -0.05) is 0 Å². The lowest BCUT2D eigenvalue weighted by atomic mass is 9.94. The number of anilines is 2. The third-order valence-electron chi connectivity index (χ3n) is 3.57. The topological polar surface area (TPSA) is 61.8 Å². The standard InChI is InChI=1S/C15H15N3S/c16-9-10-8-11(4-5-13(10)17)18-14-2-1-3-15-12(14)6-7-19-15/h4-8,14,18H,1-3,17H2. The maximum absolute atomic E-state index is 9.02. The van der Waals surface area contributed by atoms with Gasteiger partial charge in [-0.2, -0.15) is 5.26 Å². The molecule has 0 spiro atoms. The van der Waals surface area contributed by atoms with Crippen LogP contribution in [0.15, 0.2) is 29.6 Å². The summed E-state index contributed by atoms with van der Waals surface area (Å²) in [6.45, 7) is 0. The molecule has 0 fully saturated rings. The summed E-state index contributed by atoms with van der Waals surface area (Å²) in [7, 11) is 0. The molecule has 1 heterocycles. The average Bonchev–Trinajstić information content (AvgIpc) is 2.90. The molecular weight excluding hydrogens is 254 g/mol. The number of hydrogen-bond acceptors (Lipinski definition) is 4. The molecule has 19 heavy (non-hydrogen) atoms. The second-order valence-corrected chi connectivity index (χ2v) is 5.80. The van der Waals surface area contributed by atoms with E-state index in [0.717, 1.165) is 12.1 Å². The van der Waals surface area contributed by atoms with Crippen LogP contribution in [0.5, 0.6) is 0 Å². The van der Waals surface area contributed by atoms with Gasteiger partial charge in [0.05, 0.1) is 11.6 Å². The zero-order chi connectivity index (χ0) is 13.2. The Labute approximate surface area is 116 Å². The highest BCUT2D eigenvalue weighted by Gasteiger charge is 2.21. The van der Waals surface area contributed by atoms with Crippen molar-refractivity contribution in [3.05, 3.63) is 45.6 Å². The molecule has 0 saturated heterocycles. The molecule has 1 aromatic carbocycles. The number of nitrogens with two attached hydrogens (primary N) is 1. The van der Waals surface area contributed by atoms with Gasteiger partial charge in [0.2, 0.25) is 0 Å². The molecule has 0 saturated carbocycles. The summed E-state index contributed by atoms with van der Waals surface area (Å²) < 4.78 is 0. The number of thiophene rings is 1. The smallest absolute Gasteiger partial charge is 0.101 e. The Morgan fingerprint density at radius 1 is 1.37 bits per heavy atom. The van der Waals surface area contributed by atoms with Crippen molar-refractivity contribution in [3.8, 4) is 6.07 Å². The van der Waals surface area contributed by atoms with Crippen LogP contribution in [-0.4, -0.2) is 0 Å². The number of nitrogens with zero attached hydrogens (tertiary/aromatic N) is 1. The lowest BCUT2D eigenvalue weighted by molar-refractivity contribution is 0.609. The molecule has 1 aliphatic carbocycles. The second kappa shape index (κ2) is 4.94. The number of nitriles is 1. The predicted octanol–water partition coefficient (Wildman–Crippen LogP) is 3.69. The van der Waals surface area contributed by atoms with Crippen molar-refractivity contribution in [3.63, 3.8) is 0 Å². The largest absolute Gasteiger partial charge is 0.398 e. The Bertz CT molecular complexity index is 639. The van der Waals surface area contributed by atoms with Crippen LogP contribution in [0.4, 0.5) is 11.4 Å². The first-order valence-electron chi connectivity index (χ1n) is 6.40. The SMILES string of the molecule is N#Cc1cc(NC2CCCc3sccc32)ccc1N.